The summed E-state index contributed by atoms with van der Waals surface area (Å²) in [6, 6.07) is 7.60. The first kappa shape index (κ1) is 12.2. The fourth-order valence-corrected chi connectivity index (χ4v) is 2.28. The lowest BCUT2D eigenvalue weighted by Gasteiger charge is -2.50. The van der Waals surface area contributed by atoms with Crippen molar-refractivity contribution in [2.45, 2.75) is 38.9 Å². The van der Waals surface area contributed by atoms with Crippen molar-refractivity contribution >= 4 is 0 Å². The molecule has 2 rings (SSSR count). The molecule has 0 heterocycles. The lowest BCUT2D eigenvalue weighted by molar-refractivity contribution is -0.147. The zero-order valence-corrected chi connectivity index (χ0v) is 10.6. The number of hydrogen-bond acceptors (Lipinski definition) is 3. The van der Waals surface area contributed by atoms with E-state index >= 15 is 0 Å². The Labute approximate surface area is 102 Å². The predicted octanol–water partition coefficient (Wildman–Crippen LogP) is 2.62. The van der Waals surface area contributed by atoms with Crippen molar-refractivity contribution in [2.75, 3.05) is 7.11 Å². The predicted molar refractivity (Wildman–Crippen MR) is 66.4 cm³/mol. The molecule has 1 aromatic carbocycles. The van der Waals surface area contributed by atoms with Gasteiger partial charge in [-0.1, -0.05) is 19.9 Å². The molecule has 1 fully saturated rings. The van der Waals surface area contributed by atoms with E-state index in [0.717, 1.165) is 17.9 Å². The van der Waals surface area contributed by atoms with Crippen molar-refractivity contribution in [3.63, 3.8) is 0 Å². The van der Waals surface area contributed by atoms with Crippen LogP contribution >= 0.6 is 0 Å². The smallest absolute Gasteiger partial charge is 0.123 e. The minimum absolute atomic E-state index is 0.0922. The molecule has 0 saturated heterocycles. The highest BCUT2D eigenvalue weighted by Crippen LogP contribution is 2.46. The van der Waals surface area contributed by atoms with Gasteiger partial charge in [0.25, 0.3) is 0 Å². The Morgan fingerprint density at radius 2 is 2.12 bits per heavy atom. The maximum atomic E-state index is 9.81. The Morgan fingerprint density at radius 3 is 2.71 bits per heavy atom. The van der Waals surface area contributed by atoms with Crippen LogP contribution in [0.15, 0.2) is 24.3 Å². The van der Waals surface area contributed by atoms with E-state index in [-0.39, 0.29) is 17.6 Å². The van der Waals surface area contributed by atoms with Gasteiger partial charge in [0.15, 0.2) is 0 Å². The summed E-state index contributed by atoms with van der Waals surface area (Å²) >= 11 is 0. The normalized spacial score (nSPS) is 31.8. The third-order valence-electron chi connectivity index (χ3n) is 4.02. The molecule has 3 heteroatoms. The first-order valence-corrected chi connectivity index (χ1v) is 6.09. The van der Waals surface area contributed by atoms with Crippen LogP contribution in [0.2, 0.25) is 0 Å². The van der Waals surface area contributed by atoms with E-state index in [1.165, 1.54) is 0 Å². The van der Waals surface area contributed by atoms with Crippen LogP contribution in [0.5, 0.6) is 11.5 Å². The summed E-state index contributed by atoms with van der Waals surface area (Å²) in [4.78, 5) is 0. The summed E-state index contributed by atoms with van der Waals surface area (Å²) < 4.78 is 11.1. The highest BCUT2D eigenvalue weighted by molar-refractivity contribution is 5.33. The minimum Gasteiger partial charge on any atom is -0.497 e. The van der Waals surface area contributed by atoms with Gasteiger partial charge < -0.3 is 14.6 Å². The molecule has 17 heavy (non-hydrogen) atoms. The Morgan fingerprint density at radius 1 is 1.41 bits per heavy atom. The Balaban J connectivity index is 2.06. The van der Waals surface area contributed by atoms with Crippen molar-refractivity contribution in [1.82, 2.24) is 0 Å². The molecular formula is C14H20O3. The quantitative estimate of drug-likeness (QED) is 0.873. The molecule has 1 N–H and O–H groups in total. The van der Waals surface area contributed by atoms with E-state index in [9.17, 15) is 5.11 Å². The summed E-state index contributed by atoms with van der Waals surface area (Å²) in [6.07, 6.45) is 1.47. The molecule has 1 aliphatic rings. The summed E-state index contributed by atoms with van der Waals surface area (Å²) in [5, 5.41) is 9.81. The molecule has 3 nitrogen and oxygen atoms in total. The van der Waals surface area contributed by atoms with Gasteiger partial charge in [0.2, 0.25) is 0 Å². The van der Waals surface area contributed by atoms with Crippen molar-refractivity contribution < 1.29 is 14.6 Å². The van der Waals surface area contributed by atoms with Gasteiger partial charge in [0.05, 0.1) is 13.2 Å². The molecule has 0 aromatic heterocycles. The molecule has 0 bridgehead atoms. The van der Waals surface area contributed by atoms with Gasteiger partial charge in [-0.2, -0.15) is 0 Å². The lowest BCUT2D eigenvalue weighted by Crippen LogP contribution is -2.57. The monoisotopic (exact) mass is 236 g/mol. The maximum absolute atomic E-state index is 9.81. The van der Waals surface area contributed by atoms with Gasteiger partial charge in [-0.25, -0.2) is 0 Å². The van der Waals surface area contributed by atoms with E-state index in [1.807, 2.05) is 24.3 Å². The molecule has 1 saturated carbocycles. The lowest BCUT2D eigenvalue weighted by atomic mass is 9.63. The van der Waals surface area contributed by atoms with Crippen LogP contribution < -0.4 is 9.47 Å². The zero-order chi connectivity index (χ0) is 12.5. The zero-order valence-electron chi connectivity index (χ0n) is 10.6. The molecule has 0 radical (unpaired) electrons. The fourth-order valence-electron chi connectivity index (χ4n) is 2.28. The van der Waals surface area contributed by atoms with Crippen LogP contribution in [0.3, 0.4) is 0 Å². The largest absolute Gasteiger partial charge is 0.497 e. The summed E-state index contributed by atoms with van der Waals surface area (Å²) in [6.45, 7) is 4.16. The van der Waals surface area contributed by atoms with Gasteiger partial charge in [0, 0.05) is 17.9 Å². The minimum atomic E-state index is -0.247. The number of benzene rings is 1. The molecule has 0 aliphatic heterocycles. The van der Waals surface area contributed by atoms with Crippen LogP contribution in [0.4, 0.5) is 0 Å². The van der Waals surface area contributed by atoms with Gasteiger partial charge in [-0.05, 0) is 18.6 Å². The second-order valence-corrected chi connectivity index (χ2v) is 4.90. The number of rotatable bonds is 4. The highest BCUT2D eigenvalue weighted by Gasteiger charge is 2.51. The van der Waals surface area contributed by atoms with Crippen molar-refractivity contribution in [2.24, 2.45) is 5.41 Å². The molecular weight excluding hydrogens is 216 g/mol. The number of hydrogen-bond donors (Lipinski definition) is 1. The fraction of sp³-hybridized carbons (Fsp3) is 0.571. The molecule has 1 aromatic rings. The van der Waals surface area contributed by atoms with E-state index in [1.54, 1.807) is 7.11 Å². The first-order valence-electron chi connectivity index (χ1n) is 6.09. The average Bonchev–Trinajstić information content (AvgIpc) is 2.37. The maximum Gasteiger partial charge on any atom is 0.123 e. The van der Waals surface area contributed by atoms with Crippen molar-refractivity contribution in [3.05, 3.63) is 24.3 Å². The first-order chi connectivity index (χ1) is 8.10. The Kier molecular flexibility index (Phi) is 3.29. The standard InChI is InChI=1S/C14H20O3/c1-4-14(2)12(15)9-13(14)17-11-7-5-6-10(8-11)16-3/h5-8,12-13,15H,4,9H2,1-3H3. The average molecular weight is 236 g/mol. The van der Waals surface area contributed by atoms with E-state index < -0.39 is 0 Å². The van der Waals surface area contributed by atoms with Crippen LogP contribution in [-0.2, 0) is 0 Å². The second kappa shape index (κ2) is 4.57. The van der Waals surface area contributed by atoms with E-state index in [0.29, 0.717) is 6.42 Å². The van der Waals surface area contributed by atoms with Gasteiger partial charge >= 0.3 is 0 Å². The number of ether oxygens (including phenoxy) is 2. The topological polar surface area (TPSA) is 38.7 Å². The van der Waals surface area contributed by atoms with Gasteiger partial charge in [0.1, 0.15) is 17.6 Å². The summed E-state index contributed by atoms with van der Waals surface area (Å²) in [7, 11) is 1.64. The SMILES string of the molecule is CCC1(C)C(O)CC1Oc1cccc(OC)c1. The number of aliphatic hydroxyl groups is 1. The summed E-state index contributed by atoms with van der Waals surface area (Å²) in [5.74, 6) is 1.60. The molecule has 1 aliphatic carbocycles. The third kappa shape index (κ3) is 2.12. The molecule has 0 amide bonds. The Hall–Kier alpha value is -1.22. The van der Waals surface area contributed by atoms with Crippen molar-refractivity contribution in [1.29, 1.82) is 0 Å². The molecule has 0 spiro atoms. The van der Waals surface area contributed by atoms with Crippen LogP contribution in [-0.4, -0.2) is 24.4 Å². The second-order valence-electron chi connectivity index (χ2n) is 4.90. The van der Waals surface area contributed by atoms with Crippen LogP contribution in [0, 0.1) is 5.41 Å². The van der Waals surface area contributed by atoms with E-state index in [4.69, 9.17) is 9.47 Å². The van der Waals surface area contributed by atoms with Gasteiger partial charge in [-0.3, -0.25) is 0 Å². The molecule has 3 unspecified atom stereocenters. The highest BCUT2D eigenvalue weighted by atomic mass is 16.5. The van der Waals surface area contributed by atoms with Crippen molar-refractivity contribution in [3.8, 4) is 11.5 Å². The Bertz CT molecular complexity index is 391. The molecule has 94 valence electrons. The number of aliphatic hydroxyl groups excluding tert-OH is 1. The summed E-state index contributed by atoms with van der Waals surface area (Å²) in [5.41, 5.74) is -0.122. The molecule has 3 atom stereocenters. The number of methoxy groups -OCH3 is 1. The third-order valence-corrected chi connectivity index (χ3v) is 4.02. The van der Waals surface area contributed by atoms with E-state index in [2.05, 4.69) is 13.8 Å². The van der Waals surface area contributed by atoms with Crippen LogP contribution in [0.1, 0.15) is 26.7 Å². The van der Waals surface area contributed by atoms with Gasteiger partial charge in [-0.15, -0.1) is 0 Å². The van der Waals surface area contributed by atoms with Crippen LogP contribution in [0.25, 0.3) is 0 Å².